The van der Waals surface area contributed by atoms with Gasteiger partial charge in [0.25, 0.3) is 5.91 Å². The van der Waals surface area contributed by atoms with Gasteiger partial charge in [-0.25, -0.2) is 0 Å². The zero-order valence-electron chi connectivity index (χ0n) is 10.9. The minimum atomic E-state index is -0.112. The van der Waals surface area contributed by atoms with Gasteiger partial charge in [0.1, 0.15) is 0 Å². The number of halogens is 1. The van der Waals surface area contributed by atoms with Crippen LogP contribution in [0.3, 0.4) is 0 Å². The molecule has 0 radical (unpaired) electrons. The van der Waals surface area contributed by atoms with Gasteiger partial charge in [-0.2, -0.15) is 0 Å². The monoisotopic (exact) mass is 313 g/mol. The second-order valence-corrected chi connectivity index (χ2v) is 5.32. The van der Waals surface area contributed by atoms with Crippen molar-refractivity contribution in [1.82, 2.24) is 10.2 Å². The predicted molar refractivity (Wildman–Crippen MR) is 78.7 cm³/mol. The third-order valence-electron chi connectivity index (χ3n) is 2.62. The summed E-state index contributed by atoms with van der Waals surface area (Å²) in [6.07, 6.45) is 2.04. The van der Waals surface area contributed by atoms with Crippen LogP contribution in [0.25, 0.3) is 0 Å². The summed E-state index contributed by atoms with van der Waals surface area (Å²) < 4.78 is 0.753. The molecule has 0 saturated carbocycles. The number of carbonyl (C=O) groups is 1. The first-order valence-electron chi connectivity index (χ1n) is 5.99. The molecule has 5 heteroatoms. The first kappa shape index (κ1) is 15.0. The number of benzene rings is 1. The second-order valence-electron chi connectivity index (χ2n) is 4.47. The third kappa shape index (κ3) is 4.66. The lowest BCUT2D eigenvalue weighted by Crippen LogP contribution is -2.26. The van der Waals surface area contributed by atoms with Gasteiger partial charge in [-0.1, -0.05) is 6.07 Å². The minimum absolute atomic E-state index is 0.112. The van der Waals surface area contributed by atoms with E-state index >= 15 is 0 Å². The van der Waals surface area contributed by atoms with Crippen LogP contribution in [0.5, 0.6) is 0 Å². The number of hydrogen-bond donors (Lipinski definition) is 2. The highest BCUT2D eigenvalue weighted by molar-refractivity contribution is 9.10. The van der Waals surface area contributed by atoms with Gasteiger partial charge in [-0.15, -0.1) is 0 Å². The molecule has 18 heavy (non-hydrogen) atoms. The van der Waals surface area contributed by atoms with Crippen LogP contribution in [0.2, 0.25) is 0 Å². The van der Waals surface area contributed by atoms with Crippen LogP contribution in [0.1, 0.15) is 23.2 Å². The van der Waals surface area contributed by atoms with Crippen molar-refractivity contribution in [2.45, 2.75) is 12.8 Å². The first-order chi connectivity index (χ1) is 8.52. The van der Waals surface area contributed by atoms with E-state index in [4.69, 9.17) is 5.73 Å². The van der Waals surface area contributed by atoms with Crippen molar-refractivity contribution in [3.8, 4) is 0 Å². The summed E-state index contributed by atoms with van der Waals surface area (Å²) in [5.74, 6) is -0.112. The van der Waals surface area contributed by atoms with Crippen LogP contribution in [0, 0.1) is 0 Å². The predicted octanol–water partition coefficient (Wildman–Crippen LogP) is 2.10. The van der Waals surface area contributed by atoms with Crippen LogP contribution < -0.4 is 11.1 Å². The maximum Gasteiger partial charge on any atom is 0.253 e. The highest BCUT2D eigenvalue weighted by Crippen LogP contribution is 2.22. The quantitative estimate of drug-likeness (QED) is 0.624. The van der Waals surface area contributed by atoms with Crippen LogP contribution in [0.15, 0.2) is 22.7 Å². The Morgan fingerprint density at radius 3 is 2.78 bits per heavy atom. The highest BCUT2D eigenvalue weighted by atomic mass is 79.9. The van der Waals surface area contributed by atoms with Crippen molar-refractivity contribution in [1.29, 1.82) is 0 Å². The molecule has 0 aromatic heterocycles. The Morgan fingerprint density at radius 2 is 2.11 bits per heavy atom. The molecule has 0 atom stereocenters. The maximum atomic E-state index is 11.9. The Balaban J connectivity index is 2.39. The Labute approximate surface area is 117 Å². The number of nitrogens with two attached hydrogens (primary N) is 1. The Morgan fingerprint density at radius 1 is 1.39 bits per heavy atom. The number of amides is 1. The maximum absolute atomic E-state index is 11.9. The molecule has 3 N–H and O–H groups in total. The van der Waals surface area contributed by atoms with Crippen molar-refractivity contribution in [3.05, 3.63) is 28.2 Å². The molecule has 1 aromatic rings. The zero-order valence-corrected chi connectivity index (χ0v) is 12.5. The molecule has 0 spiro atoms. The fourth-order valence-electron chi connectivity index (χ4n) is 1.59. The van der Waals surface area contributed by atoms with E-state index in [1.54, 1.807) is 12.1 Å². The average Bonchev–Trinajstić information content (AvgIpc) is 2.31. The topological polar surface area (TPSA) is 58.4 Å². The van der Waals surface area contributed by atoms with Crippen LogP contribution in [-0.2, 0) is 0 Å². The van der Waals surface area contributed by atoms with Gasteiger partial charge in [0, 0.05) is 11.0 Å². The van der Waals surface area contributed by atoms with E-state index in [1.807, 2.05) is 20.2 Å². The smallest absolute Gasteiger partial charge is 0.253 e. The van der Waals surface area contributed by atoms with Crippen molar-refractivity contribution in [3.63, 3.8) is 0 Å². The van der Waals surface area contributed by atoms with E-state index < -0.39 is 0 Å². The molecule has 0 heterocycles. The number of anilines is 1. The summed E-state index contributed by atoms with van der Waals surface area (Å²) in [7, 11) is 4.08. The molecule has 100 valence electrons. The average molecular weight is 314 g/mol. The van der Waals surface area contributed by atoms with Crippen molar-refractivity contribution >= 4 is 27.5 Å². The van der Waals surface area contributed by atoms with Crippen LogP contribution in [-0.4, -0.2) is 38.0 Å². The number of unbranched alkanes of at least 4 members (excludes halogenated alkanes) is 1. The van der Waals surface area contributed by atoms with E-state index in [1.165, 1.54) is 0 Å². The lowest BCUT2D eigenvalue weighted by Gasteiger charge is -2.10. The highest BCUT2D eigenvalue weighted by Gasteiger charge is 2.10. The van der Waals surface area contributed by atoms with Crippen molar-refractivity contribution in [2.24, 2.45) is 0 Å². The molecule has 1 amide bonds. The molecular formula is C13H20BrN3O. The first-order valence-corrected chi connectivity index (χ1v) is 6.78. The molecule has 0 aliphatic rings. The van der Waals surface area contributed by atoms with Gasteiger partial charge in [0.05, 0.1) is 11.3 Å². The van der Waals surface area contributed by atoms with Gasteiger partial charge in [0.15, 0.2) is 0 Å². The van der Waals surface area contributed by atoms with Gasteiger partial charge in [-0.05, 0) is 61.5 Å². The summed E-state index contributed by atoms with van der Waals surface area (Å²) >= 11 is 3.31. The van der Waals surface area contributed by atoms with E-state index in [9.17, 15) is 4.79 Å². The van der Waals surface area contributed by atoms with E-state index in [2.05, 4.69) is 26.1 Å². The molecule has 0 aliphatic heterocycles. The Bertz CT molecular complexity index is 407. The number of para-hydroxylation sites is 1. The molecule has 0 bridgehead atoms. The third-order valence-corrected chi connectivity index (χ3v) is 3.31. The largest absolute Gasteiger partial charge is 0.397 e. The van der Waals surface area contributed by atoms with Crippen molar-refractivity contribution in [2.75, 3.05) is 32.9 Å². The van der Waals surface area contributed by atoms with Gasteiger partial charge in [-0.3, -0.25) is 4.79 Å². The molecule has 1 aromatic carbocycles. The SMILES string of the molecule is CN(C)CCCCNC(=O)c1cccc(Br)c1N. The second kappa shape index (κ2) is 7.38. The van der Waals surface area contributed by atoms with Crippen LogP contribution in [0.4, 0.5) is 5.69 Å². The fourth-order valence-corrected chi connectivity index (χ4v) is 1.95. The number of rotatable bonds is 6. The lowest BCUT2D eigenvalue weighted by molar-refractivity contribution is 0.0953. The molecular weight excluding hydrogens is 294 g/mol. The minimum Gasteiger partial charge on any atom is -0.397 e. The van der Waals surface area contributed by atoms with E-state index in [0.717, 1.165) is 23.9 Å². The summed E-state index contributed by atoms with van der Waals surface area (Å²) in [4.78, 5) is 14.0. The normalized spacial score (nSPS) is 10.7. The molecule has 0 fully saturated rings. The Hall–Kier alpha value is -1.07. The standard InChI is InChI=1S/C13H20BrN3O/c1-17(2)9-4-3-8-16-13(18)10-6-5-7-11(14)12(10)15/h5-7H,3-4,8-9,15H2,1-2H3,(H,16,18). The van der Waals surface area contributed by atoms with Gasteiger partial charge in [0.2, 0.25) is 0 Å². The van der Waals surface area contributed by atoms with E-state index in [0.29, 0.717) is 17.8 Å². The van der Waals surface area contributed by atoms with Crippen LogP contribution >= 0.6 is 15.9 Å². The summed E-state index contributed by atoms with van der Waals surface area (Å²) in [6.45, 7) is 1.72. The summed E-state index contributed by atoms with van der Waals surface area (Å²) in [6, 6.07) is 5.36. The molecule has 0 saturated heterocycles. The van der Waals surface area contributed by atoms with E-state index in [-0.39, 0.29) is 5.91 Å². The van der Waals surface area contributed by atoms with Gasteiger partial charge < -0.3 is 16.0 Å². The summed E-state index contributed by atoms with van der Waals surface area (Å²) in [5, 5.41) is 2.88. The number of nitrogens with zero attached hydrogens (tertiary/aromatic N) is 1. The lowest BCUT2D eigenvalue weighted by atomic mass is 10.1. The number of hydrogen-bond acceptors (Lipinski definition) is 3. The number of nitrogen functional groups attached to an aromatic ring is 1. The summed E-state index contributed by atoms with van der Waals surface area (Å²) in [5.41, 5.74) is 6.85. The Kier molecular flexibility index (Phi) is 6.15. The molecule has 1 rings (SSSR count). The van der Waals surface area contributed by atoms with Gasteiger partial charge >= 0.3 is 0 Å². The zero-order chi connectivity index (χ0) is 13.5. The molecule has 4 nitrogen and oxygen atoms in total. The molecule has 0 unspecified atom stereocenters. The van der Waals surface area contributed by atoms with Crippen molar-refractivity contribution < 1.29 is 4.79 Å². The fraction of sp³-hybridized carbons (Fsp3) is 0.462. The number of nitrogens with one attached hydrogen (secondary N) is 1. The number of carbonyl (C=O) groups excluding carboxylic acids is 1. The molecule has 0 aliphatic carbocycles.